The average Bonchev–Trinajstić information content (AvgIpc) is 2.77. The van der Waals surface area contributed by atoms with Crippen LogP contribution in [0.5, 0.6) is 0 Å². The number of aromatic nitrogens is 2. The molecule has 2 rings (SSSR count). The number of aromatic amines is 2. The normalized spacial score (nSPS) is 14.6. The van der Waals surface area contributed by atoms with E-state index in [1.807, 2.05) is 6.07 Å². The third-order valence-corrected chi connectivity index (χ3v) is 4.48. The number of halogens is 1. The van der Waals surface area contributed by atoms with Crippen molar-refractivity contribution in [3.63, 3.8) is 0 Å². The second-order valence-corrected chi connectivity index (χ2v) is 6.17. The number of benzene rings is 1. The summed E-state index contributed by atoms with van der Waals surface area (Å²) in [4.78, 5) is 17.0. The van der Waals surface area contributed by atoms with E-state index in [0.717, 1.165) is 34.9 Å². The number of fused-ring (bicyclic) bond motifs is 1. The molecule has 1 heterocycles. The minimum atomic E-state index is -0.161. The van der Waals surface area contributed by atoms with Crippen LogP contribution >= 0.6 is 15.9 Å². The number of hydrogen-bond donors (Lipinski definition) is 3. The maximum Gasteiger partial charge on any atom is 0.323 e. The van der Waals surface area contributed by atoms with E-state index in [9.17, 15) is 4.79 Å². The van der Waals surface area contributed by atoms with Crippen molar-refractivity contribution < 1.29 is 0 Å². The predicted octanol–water partition coefficient (Wildman–Crippen LogP) is 3.71. The molecule has 0 aliphatic heterocycles. The fraction of sp³-hybridized carbons (Fsp3) is 0.533. The van der Waals surface area contributed by atoms with Gasteiger partial charge < -0.3 is 15.3 Å². The predicted molar refractivity (Wildman–Crippen MR) is 87.1 cm³/mol. The van der Waals surface area contributed by atoms with Crippen LogP contribution < -0.4 is 11.0 Å². The van der Waals surface area contributed by atoms with Crippen molar-refractivity contribution in [2.75, 3.05) is 6.54 Å². The molecule has 1 aromatic carbocycles. The Morgan fingerprint density at radius 2 is 1.90 bits per heavy atom. The highest BCUT2D eigenvalue weighted by Gasteiger charge is 2.20. The molecule has 2 unspecified atom stereocenters. The van der Waals surface area contributed by atoms with E-state index in [4.69, 9.17) is 0 Å². The number of nitrogens with one attached hydrogen (secondary N) is 3. The quantitative estimate of drug-likeness (QED) is 0.751. The van der Waals surface area contributed by atoms with Gasteiger partial charge in [0.1, 0.15) is 0 Å². The van der Waals surface area contributed by atoms with Crippen LogP contribution in [0.4, 0.5) is 0 Å². The van der Waals surface area contributed by atoms with Gasteiger partial charge in [-0.3, -0.25) is 0 Å². The molecule has 1 aromatic heterocycles. The lowest BCUT2D eigenvalue weighted by atomic mass is 9.92. The third-order valence-electron chi connectivity index (χ3n) is 3.80. The highest BCUT2D eigenvalue weighted by molar-refractivity contribution is 9.10. The van der Waals surface area contributed by atoms with Gasteiger partial charge in [-0.25, -0.2) is 4.79 Å². The smallest absolute Gasteiger partial charge is 0.310 e. The Kier molecular flexibility index (Phi) is 5.05. The molecule has 2 aromatic rings. The van der Waals surface area contributed by atoms with Crippen LogP contribution in [0.25, 0.3) is 11.0 Å². The minimum Gasteiger partial charge on any atom is -0.310 e. The molecule has 3 N–H and O–H groups in total. The summed E-state index contributed by atoms with van der Waals surface area (Å²) in [7, 11) is 0. The van der Waals surface area contributed by atoms with Gasteiger partial charge in [-0.1, -0.05) is 43.1 Å². The lowest BCUT2D eigenvalue weighted by Crippen LogP contribution is -2.27. The molecule has 4 nitrogen and oxygen atoms in total. The summed E-state index contributed by atoms with van der Waals surface area (Å²) in [6.45, 7) is 7.62. The summed E-state index contributed by atoms with van der Waals surface area (Å²) in [6, 6.07) is 4.33. The molecule has 0 spiro atoms. The van der Waals surface area contributed by atoms with E-state index >= 15 is 0 Å². The van der Waals surface area contributed by atoms with E-state index in [1.54, 1.807) is 0 Å². The zero-order valence-electron chi connectivity index (χ0n) is 12.2. The van der Waals surface area contributed by atoms with Crippen LogP contribution in [0.1, 0.15) is 45.2 Å². The number of H-pyrrole nitrogens is 2. The molecule has 110 valence electrons. The Bertz CT molecular complexity index is 632. The second-order valence-electron chi connectivity index (χ2n) is 5.32. The van der Waals surface area contributed by atoms with Crippen molar-refractivity contribution in [2.24, 2.45) is 5.92 Å². The van der Waals surface area contributed by atoms with E-state index in [1.165, 1.54) is 5.56 Å². The fourth-order valence-electron chi connectivity index (χ4n) is 2.46. The van der Waals surface area contributed by atoms with Crippen LogP contribution in [0, 0.1) is 5.92 Å². The van der Waals surface area contributed by atoms with Crippen molar-refractivity contribution in [1.82, 2.24) is 15.3 Å². The summed E-state index contributed by atoms with van der Waals surface area (Å²) in [5.74, 6) is 0.529. The van der Waals surface area contributed by atoms with E-state index < -0.39 is 0 Å². The standard InChI is InChI=1S/C15H22BrN3O/c1-4-6-17-14(9(3)5-2)10-7-12-13(8-11(10)16)19-15(20)18-12/h7-9,14,17H,4-6H2,1-3H3,(H2,18,19,20). The van der Waals surface area contributed by atoms with E-state index in [2.05, 4.69) is 58.1 Å². The van der Waals surface area contributed by atoms with Gasteiger partial charge in [0.2, 0.25) is 0 Å². The van der Waals surface area contributed by atoms with Gasteiger partial charge in [0.05, 0.1) is 11.0 Å². The van der Waals surface area contributed by atoms with Gasteiger partial charge in [0.15, 0.2) is 0 Å². The summed E-state index contributed by atoms with van der Waals surface area (Å²) in [5.41, 5.74) is 2.74. The van der Waals surface area contributed by atoms with Crippen LogP contribution in [-0.2, 0) is 0 Å². The molecule has 0 radical (unpaired) electrons. The molecular formula is C15H22BrN3O. The highest BCUT2D eigenvalue weighted by Crippen LogP contribution is 2.32. The maximum atomic E-state index is 11.4. The monoisotopic (exact) mass is 339 g/mol. The molecule has 2 atom stereocenters. The van der Waals surface area contributed by atoms with Gasteiger partial charge in [0, 0.05) is 10.5 Å². The van der Waals surface area contributed by atoms with Gasteiger partial charge in [-0.15, -0.1) is 0 Å². The van der Waals surface area contributed by atoms with E-state index in [-0.39, 0.29) is 11.7 Å². The highest BCUT2D eigenvalue weighted by atomic mass is 79.9. The molecule has 0 bridgehead atoms. The van der Waals surface area contributed by atoms with Crippen molar-refractivity contribution in [2.45, 2.75) is 39.7 Å². The molecule has 0 fully saturated rings. The van der Waals surface area contributed by atoms with Gasteiger partial charge in [-0.2, -0.15) is 0 Å². The fourth-order valence-corrected chi connectivity index (χ4v) is 3.05. The zero-order valence-corrected chi connectivity index (χ0v) is 13.8. The molecule has 0 saturated heterocycles. The SMILES string of the molecule is CCCNC(c1cc2[nH]c(=O)[nH]c2cc1Br)C(C)CC. The summed E-state index contributed by atoms with van der Waals surface area (Å²) in [6.07, 6.45) is 2.21. The van der Waals surface area contributed by atoms with Gasteiger partial charge in [-0.05, 0) is 36.6 Å². The van der Waals surface area contributed by atoms with Crippen molar-refractivity contribution >= 4 is 27.0 Å². The Balaban J connectivity index is 2.45. The summed E-state index contributed by atoms with van der Waals surface area (Å²) < 4.78 is 1.04. The van der Waals surface area contributed by atoms with Crippen LogP contribution in [0.15, 0.2) is 21.4 Å². The lowest BCUT2D eigenvalue weighted by Gasteiger charge is -2.26. The first-order chi connectivity index (χ1) is 9.56. The Morgan fingerprint density at radius 1 is 1.25 bits per heavy atom. The first kappa shape index (κ1) is 15.3. The molecule has 0 aliphatic rings. The molecule has 0 saturated carbocycles. The van der Waals surface area contributed by atoms with Crippen LogP contribution in [0.2, 0.25) is 0 Å². The molecule has 5 heteroatoms. The van der Waals surface area contributed by atoms with E-state index in [0.29, 0.717) is 5.92 Å². The number of rotatable bonds is 6. The number of hydrogen-bond acceptors (Lipinski definition) is 2. The minimum absolute atomic E-state index is 0.161. The third kappa shape index (κ3) is 3.15. The number of imidazole rings is 1. The molecule has 0 amide bonds. The second kappa shape index (κ2) is 6.59. The van der Waals surface area contributed by atoms with Crippen molar-refractivity contribution in [3.05, 3.63) is 32.7 Å². The topological polar surface area (TPSA) is 60.7 Å². The van der Waals surface area contributed by atoms with Crippen LogP contribution in [0.3, 0.4) is 0 Å². The summed E-state index contributed by atoms with van der Waals surface area (Å²) >= 11 is 3.64. The van der Waals surface area contributed by atoms with Crippen LogP contribution in [-0.4, -0.2) is 16.5 Å². The Labute approximate surface area is 127 Å². The Morgan fingerprint density at radius 3 is 2.50 bits per heavy atom. The average molecular weight is 340 g/mol. The van der Waals surface area contributed by atoms with Gasteiger partial charge in [0.25, 0.3) is 0 Å². The zero-order chi connectivity index (χ0) is 14.7. The molecule has 20 heavy (non-hydrogen) atoms. The largest absolute Gasteiger partial charge is 0.323 e. The first-order valence-electron chi connectivity index (χ1n) is 7.21. The lowest BCUT2D eigenvalue weighted by molar-refractivity contribution is 0.376. The molecule has 0 aliphatic carbocycles. The molecular weight excluding hydrogens is 318 g/mol. The Hall–Kier alpha value is -1.07. The van der Waals surface area contributed by atoms with Crippen molar-refractivity contribution in [3.8, 4) is 0 Å². The van der Waals surface area contributed by atoms with Crippen molar-refractivity contribution in [1.29, 1.82) is 0 Å². The summed E-state index contributed by atoms with van der Waals surface area (Å²) in [5, 5.41) is 3.62. The first-order valence-corrected chi connectivity index (χ1v) is 8.00. The van der Waals surface area contributed by atoms with Gasteiger partial charge >= 0.3 is 5.69 Å². The maximum absolute atomic E-state index is 11.4.